The van der Waals surface area contributed by atoms with Gasteiger partial charge in [-0.3, -0.25) is 4.90 Å². The Morgan fingerprint density at radius 2 is 1.92 bits per heavy atom. The zero-order chi connectivity index (χ0) is 16.9. The molecule has 1 aliphatic heterocycles. The van der Waals surface area contributed by atoms with Gasteiger partial charge in [0.2, 0.25) is 0 Å². The fraction of sp³-hybridized carbons (Fsp3) is 0.650. The summed E-state index contributed by atoms with van der Waals surface area (Å²) in [7, 11) is 0. The average Bonchev–Trinajstić information content (AvgIpc) is 3.04. The zero-order valence-corrected chi connectivity index (χ0v) is 15.5. The maximum absolute atomic E-state index is 4.96. The molecule has 1 aromatic carbocycles. The van der Waals surface area contributed by atoms with Crippen LogP contribution in [-0.2, 0) is 6.42 Å². The molecule has 0 amide bonds. The summed E-state index contributed by atoms with van der Waals surface area (Å²) in [5.74, 6) is 1.13. The number of nitrogens with zero attached hydrogens (tertiary/aromatic N) is 3. The van der Waals surface area contributed by atoms with Gasteiger partial charge in [-0.25, -0.2) is 4.98 Å². The normalized spacial score (nSPS) is 17.7. The molecule has 1 saturated heterocycles. The Hall–Kier alpha value is -1.39. The van der Waals surface area contributed by atoms with Crippen molar-refractivity contribution in [2.75, 3.05) is 32.7 Å². The average molecular weight is 329 g/mol. The smallest absolute Gasteiger partial charge is 0.108 e. The van der Waals surface area contributed by atoms with E-state index in [4.69, 9.17) is 4.98 Å². The number of imidazole rings is 1. The van der Waals surface area contributed by atoms with Crippen LogP contribution < -0.4 is 0 Å². The Bertz CT molecular complexity index is 638. The van der Waals surface area contributed by atoms with Crippen molar-refractivity contribution in [2.45, 2.75) is 52.5 Å². The van der Waals surface area contributed by atoms with Crippen molar-refractivity contribution in [3.63, 3.8) is 0 Å². The summed E-state index contributed by atoms with van der Waals surface area (Å²) in [5.41, 5.74) is 3.68. The number of fused-ring (bicyclic) bond motifs is 1. The number of hydrogen-bond donors (Lipinski definition) is 1. The van der Waals surface area contributed by atoms with Crippen molar-refractivity contribution in [1.82, 2.24) is 19.8 Å². The lowest BCUT2D eigenvalue weighted by molar-refractivity contribution is 0.230. The minimum absolute atomic E-state index is 0.405. The molecule has 24 heavy (non-hydrogen) atoms. The van der Waals surface area contributed by atoms with Crippen LogP contribution in [0.4, 0.5) is 0 Å². The number of piperidine rings is 1. The van der Waals surface area contributed by atoms with Gasteiger partial charge >= 0.3 is 0 Å². The molecular formula is C20H32N4. The molecule has 1 unspecified atom stereocenters. The van der Waals surface area contributed by atoms with Gasteiger partial charge in [0.15, 0.2) is 0 Å². The van der Waals surface area contributed by atoms with E-state index in [1.54, 1.807) is 0 Å². The van der Waals surface area contributed by atoms with Gasteiger partial charge in [-0.15, -0.1) is 0 Å². The van der Waals surface area contributed by atoms with Gasteiger partial charge in [0.25, 0.3) is 0 Å². The highest BCUT2D eigenvalue weighted by Crippen LogP contribution is 2.26. The van der Waals surface area contributed by atoms with Crippen LogP contribution >= 0.6 is 0 Å². The third-order valence-electron chi connectivity index (χ3n) is 5.52. The number of aromatic nitrogens is 2. The minimum Gasteiger partial charge on any atom is -0.342 e. The Labute approximate surface area is 146 Å². The lowest BCUT2D eigenvalue weighted by atomic mass is 10.1. The molecule has 1 aromatic heterocycles. The summed E-state index contributed by atoms with van der Waals surface area (Å²) in [6.07, 6.45) is 5.12. The van der Waals surface area contributed by atoms with Crippen LogP contribution in [0.2, 0.25) is 0 Å². The van der Waals surface area contributed by atoms with Crippen LogP contribution in [0.25, 0.3) is 11.0 Å². The molecule has 3 rings (SSSR count). The number of nitrogens with one attached hydrogen (secondary N) is 1. The van der Waals surface area contributed by atoms with E-state index < -0.39 is 0 Å². The van der Waals surface area contributed by atoms with Crippen molar-refractivity contribution in [2.24, 2.45) is 0 Å². The molecule has 4 heteroatoms. The van der Waals surface area contributed by atoms with E-state index in [-0.39, 0.29) is 0 Å². The number of para-hydroxylation sites is 1. The van der Waals surface area contributed by atoms with Gasteiger partial charge in [0.05, 0.1) is 11.0 Å². The van der Waals surface area contributed by atoms with Gasteiger partial charge in [-0.2, -0.15) is 0 Å². The van der Waals surface area contributed by atoms with Crippen LogP contribution in [0.5, 0.6) is 0 Å². The summed E-state index contributed by atoms with van der Waals surface area (Å²) in [6, 6.07) is 6.96. The second-order valence-corrected chi connectivity index (χ2v) is 6.98. The first kappa shape index (κ1) is 17.4. The maximum atomic E-state index is 4.96. The number of benzene rings is 1. The quantitative estimate of drug-likeness (QED) is 0.834. The predicted molar refractivity (Wildman–Crippen MR) is 101 cm³/mol. The third kappa shape index (κ3) is 3.81. The number of hydrogen-bond acceptors (Lipinski definition) is 3. The van der Waals surface area contributed by atoms with Gasteiger partial charge in [-0.1, -0.05) is 32.4 Å². The van der Waals surface area contributed by atoms with Crippen LogP contribution in [0.15, 0.2) is 18.2 Å². The molecule has 132 valence electrons. The molecular weight excluding hydrogens is 296 g/mol. The van der Waals surface area contributed by atoms with E-state index in [0.717, 1.165) is 37.4 Å². The lowest BCUT2D eigenvalue weighted by Crippen LogP contribution is -2.31. The molecule has 1 fully saturated rings. The second kappa shape index (κ2) is 8.13. The first-order valence-electron chi connectivity index (χ1n) is 9.66. The highest BCUT2D eigenvalue weighted by atomic mass is 15.1. The molecule has 0 saturated carbocycles. The molecule has 0 spiro atoms. The molecule has 0 bridgehead atoms. The Kier molecular flexibility index (Phi) is 5.90. The summed E-state index contributed by atoms with van der Waals surface area (Å²) >= 11 is 0. The van der Waals surface area contributed by atoms with Crippen molar-refractivity contribution in [3.05, 3.63) is 29.6 Å². The van der Waals surface area contributed by atoms with E-state index >= 15 is 0 Å². The Morgan fingerprint density at radius 1 is 1.17 bits per heavy atom. The molecule has 2 aromatic rings. The third-order valence-corrected chi connectivity index (χ3v) is 5.52. The summed E-state index contributed by atoms with van der Waals surface area (Å²) in [6.45, 7) is 12.5. The summed E-state index contributed by atoms with van der Waals surface area (Å²) in [5, 5.41) is 0. The van der Waals surface area contributed by atoms with Crippen LogP contribution in [0, 0.1) is 0 Å². The standard InChI is InChI=1S/C20H32N4/c1-4-24(5-2)16(3)17-10-9-11-18-20(17)22-19(21-18)12-15-23-13-7-6-8-14-23/h9-11,16H,4-8,12-15H2,1-3H3,(H,21,22). The van der Waals surface area contributed by atoms with E-state index in [0.29, 0.717) is 6.04 Å². The maximum Gasteiger partial charge on any atom is 0.108 e. The van der Waals surface area contributed by atoms with Crippen LogP contribution in [0.3, 0.4) is 0 Å². The van der Waals surface area contributed by atoms with Gasteiger partial charge in [0, 0.05) is 19.0 Å². The number of rotatable bonds is 7. The van der Waals surface area contributed by atoms with Gasteiger partial charge in [0.1, 0.15) is 5.82 Å². The fourth-order valence-corrected chi connectivity index (χ4v) is 3.98. The zero-order valence-electron chi connectivity index (χ0n) is 15.5. The van der Waals surface area contributed by atoms with E-state index in [1.165, 1.54) is 43.4 Å². The first-order chi connectivity index (χ1) is 11.7. The minimum atomic E-state index is 0.405. The SMILES string of the molecule is CCN(CC)C(C)c1cccc2[nH]c(CCN3CCCCC3)nc12. The van der Waals surface area contributed by atoms with Gasteiger partial charge < -0.3 is 9.88 Å². The fourth-order valence-electron chi connectivity index (χ4n) is 3.98. The molecule has 0 aliphatic carbocycles. The lowest BCUT2D eigenvalue weighted by Gasteiger charge is -2.26. The summed E-state index contributed by atoms with van der Waals surface area (Å²) < 4.78 is 0. The Balaban J connectivity index is 1.76. The van der Waals surface area contributed by atoms with Crippen molar-refractivity contribution in [1.29, 1.82) is 0 Å². The molecule has 0 radical (unpaired) electrons. The highest BCUT2D eigenvalue weighted by molar-refractivity contribution is 5.79. The monoisotopic (exact) mass is 328 g/mol. The van der Waals surface area contributed by atoms with Crippen LogP contribution in [-0.4, -0.2) is 52.5 Å². The van der Waals surface area contributed by atoms with Crippen molar-refractivity contribution in [3.8, 4) is 0 Å². The first-order valence-corrected chi connectivity index (χ1v) is 9.66. The molecule has 2 heterocycles. The van der Waals surface area contributed by atoms with Crippen molar-refractivity contribution < 1.29 is 0 Å². The van der Waals surface area contributed by atoms with Gasteiger partial charge in [-0.05, 0) is 57.6 Å². The predicted octanol–water partition coefficient (Wildman–Crippen LogP) is 3.99. The second-order valence-electron chi connectivity index (χ2n) is 6.98. The molecule has 1 atom stereocenters. The molecule has 1 N–H and O–H groups in total. The van der Waals surface area contributed by atoms with E-state index in [1.807, 2.05) is 0 Å². The topological polar surface area (TPSA) is 35.2 Å². The van der Waals surface area contributed by atoms with E-state index in [9.17, 15) is 0 Å². The van der Waals surface area contributed by atoms with Crippen LogP contribution in [0.1, 0.15) is 57.5 Å². The number of likely N-dealkylation sites (tertiary alicyclic amines) is 1. The molecule has 1 aliphatic rings. The van der Waals surface area contributed by atoms with Crippen molar-refractivity contribution >= 4 is 11.0 Å². The summed E-state index contributed by atoms with van der Waals surface area (Å²) in [4.78, 5) is 13.6. The number of H-pyrrole nitrogens is 1. The number of aromatic amines is 1. The van der Waals surface area contributed by atoms with E-state index in [2.05, 4.69) is 53.8 Å². The largest absolute Gasteiger partial charge is 0.342 e. The Morgan fingerprint density at radius 3 is 2.62 bits per heavy atom. The highest BCUT2D eigenvalue weighted by Gasteiger charge is 2.17. The molecule has 4 nitrogen and oxygen atoms in total.